The van der Waals surface area contributed by atoms with Crippen LogP contribution in [-0.2, 0) is 0 Å². The highest BCUT2D eigenvalue weighted by molar-refractivity contribution is 6.30. The Bertz CT molecular complexity index is 686. The van der Waals surface area contributed by atoms with E-state index in [9.17, 15) is 14.9 Å². The Hall–Kier alpha value is -2.60. The fraction of sp³-hybridized carbons (Fsp3) is 0. The Morgan fingerprint density at radius 1 is 1.25 bits per heavy atom. The summed E-state index contributed by atoms with van der Waals surface area (Å²) in [7, 11) is 0. The molecule has 1 N–H and O–H groups in total. The molecule has 0 aliphatic heterocycles. The number of aromatic carboxylic acids is 1. The lowest BCUT2D eigenvalue weighted by atomic mass is 10.1. The van der Waals surface area contributed by atoms with Gasteiger partial charge >= 0.3 is 11.7 Å². The van der Waals surface area contributed by atoms with Crippen LogP contribution in [0.15, 0.2) is 42.5 Å². The molecule has 0 bridgehead atoms. The highest BCUT2D eigenvalue weighted by Crippen LogP contribution is 2.34. The molecule has 0 saturated carbocycles. The number of halogens is 1. The third-order valence-corrected chi connectivity index (χ3v) is 2.67. The van der Waals surface area contributed by atoms with Gasteiger partial charge in [-0.3, -0.25) is 10.1 Å². The molecule has 0 aliphatic rings. The second-order valence-corrected chi connectivity index (χ2v) is 4.21. The van der Waals surface area contributed by atoms with E-state index in [4.69, 9.17) is 21.4 Å². The third-order valence-electron chi connectivity index (χ3n) is 2.44. The van der Waals surface area contributed by atoms with Crippen molar-refractivity contribution in [1.82, 2.24) is 0 Å². The van der Waals surface area contributed by atoms with E-state index in [0.29, 0.717) is 5.02 Å². The van der Waals surface area contributed by atoms with Crippen molar-refractivity contribution in [2.75, 3.05) is 0 Å². The molecule has 20 heavy (non-hydrogen) atoms. The molecule has 0 aromatic heterocycles. The highest BCUT2D eigenvalue weighted by Gasteiger charge is 2.25. The lowest BCUT2D eigenvalue weighted by Gasteiger charge is -2.07. The summed E-state index contributed by atoms with van der Waals surface area (Å²) in [5, 5.41) is 20.4. The second kappa shape index (κ2) is 5.58. The molecule has 0 heterocycles. The van der Waals surface area contributed by atoms with Crippen LogP contribution in [0.25, 0.3) is 0 Å². The van der Waals surface area contributed by atoms with Gasteiger partial charge in [-0.15, -0.1) is 0 Å². The minimum absolute atomic E-state index is 0.155. The Balaban J connectivity index is 2.49. The van der Waals surface area contributed by atoms with Crippen molar-refractivity contribution in [3.05, 3.63) is 63.2 Å². The van der Waals surface area contributed by atoms with Gasteiger partial charge in [-0.2, -0.15) is 0 Å². The van der Waals surface area contributed by atoms with E-state index in [0.717, 1.165) is 6.07 Å². The van der Waals surface area contributed by atoms with Gasteiger partial charge in [0.05, 0.1) is 4.92 Å². The largest absolute Gasteiger partial charge is 0.477 e. The smallest absolute Gasteiger partial charge is 0.342 e. The number of hydrogen-bond acceptors (Lipinski definition) is 4. The average molecular weight is 294 g/mol. The molecule has 0 unspecified atom stereocenters. The van der Waals surface area contributed by atoms with Crippen molar-refractivity contribution >= 4 is 23.3 Å². The number of hydrogen-bond donors (Lipinski definition) is 1. The minimum atomic E-state index is -1.40. The van der Waals surface area contributed by atoms with E-state index >= 15 is 0 Å². The van der Waals surface area contributed by atoms with Gasteiger partial charge in [0.1, 0.15) is 11.3 Å². The maximum atomic E-state index is 11.0. The molecule has 0 amide bonds. The van der Waals surface area contributed by atoms with Crippen LogP contribution in [0, 0.1) is 10.1 Å². The maximum Gasteiger partial charge on any atom is 0.342 e. The average Bonchev–Trinajstić information content (AvgIpc) is 2.38. The first-order valence-electron chi connectivity index (χ1n) is 5.43. The van der Waals surface area contributed by atoms with E-state index in [-0.39, 0.29) is 11.5 Å². The molecule has 0 spiro atoms. The lowest BCUT2D eigenvalue weighted by molar-refractivity contribution is -0.386. The summed E-state index contributed by atoms with van der Waals surface area (Å²) in [5.41, 5.74) is -1.03. The number of carboxylic acid groups (broad SMARTS) is 1. The van der Waals surface area contributed by atoms with Crippen LogP contribution in [0.2, 0.25) is 5.02 Å². The number of nitrogens with zero attached hydrogens (tertiary/aromatic N) is 1. The van der Waals surface area contributed by atoms with Crippen LogP contribution in [-0.4, -0.2) is 16.0 Å². The number of ether oxygens (including phenoxy) is 1. The maximum absolute atomic E-state index is 11.0. The Morgan fingerprint density at radius 2 is 1.95 bits per heavy atom. The van der Waals surface area contributed by atoms with Crippen molar-refractivity contribution in [3.8, 4) is 11.5 Å². The first-order valence-corrected chi connectivity index (χ1v) is 5.81. The molecule has 0 saturated heterocycles. The summed E-state index contributed by atoms with van der Waals surface area (Å²) in [6.45, 7) is 0. The van der Waals surface area contributed by atoms with Crippen molar-refractivity contribution < 1.29 is 19.6 Å². The zero-order valence-corrected chi connectivity index (χ0v) is 10.7. The van der Waals surface area contributed by atoms with Gasteiger partial charge < -0.3 is 9.84 Å². The minimum Gasteiger partial charge on any atom is -0.477 e. The van der Waals surface area contributed by atoms with Gasteiger partial charge in [-0.05, 0) is 30.3 Å². The fourth-order valence-electron chi connectivity index (χ4n) is 1.62. The molecule has 6 nitrogen and oxygen atoms in total. The Morgan fingerprint density at radius 3 is 2.55 bits per heavy atom. The number of benzene rings is 2. The predicted molar refractivity (Wildman–Crippen MR) is 71.6 cm³/mol. The van der Waals surface area contributed by atoms with Crippen LogP contribution >= 0.6 is 11.6 Å². The molecule has 2 aromatic rings. The van der Waals surface area contributed by atoms with E-state index < -0.39 is 22.1 Å². The topological polar surface area (TPSA) is 89.7 Å². The van der Waals surface area contributed by atoms with Gasteiger partial charge in [-0.1, -0.05) is 23.7 Å². The van der Waals surface area contributed by atoms with Gasteiger partial charge in [-0.25, -0.2) is 4.79 Å². The quantitative estimate of drug-likeness (QED) is 0.685. The van der Waals surface area contributed by atoms with Crippen molar-refractivity contribution in [2.45, 2.75) is 0 Å². The zero-order valence-electron chi connectivity index (χ0n) is 9.95. The van der Waals surface area contributed by atoms with Gasteiger partial charge in [0.15, 0.2) is 0 Å². The van der Waals surface area contributed by atoms with Crippen LogP contribution in [0.1, 0.15) is 10.4 Å². The summed E-state index contributed by atoms with van der Waals surface area (Å²) in [5.74, 6) is -1.27. The fourth-order valence-corrected chi connectivity index (χ4v) is 1.80. The van der Waals surface area contributed by atoms with Gasteiger partial charge in [0.2, 0.25) is 5.75 Å². The summed E-state index contributed by atoms with van der Waals surface area (Å²) >= 11 is 5.79. The molecule has 2 rings (SSSR count). The van der Waals surface area contributed by atoms with E-state index in [2.05, 4.69) is 0 Å². The number of nitro benzene ring substituents is 1. The molecular formula is C13H8ClNO5. The molecule has 0 atom stereocenters. The zero-order chi connectivity index (χ0) is 14.7. The van der Waals surface area contributed by atoms with Crippen LogP contribution in [0.5, 0.6) is 11.5 Å². The molecule has 0 aliphatic carbocycles. The number of carbonyl (C=O) groups is 1. The number of nitro groups is 1. The molecular weight excluding hydrogens is 286 g/mol. The molecule has 102 valence electrons. The molecule has 2 aromatic carbocycles. The van der Waals surface area contributed by atoms with Crippen LogP contribution in [0.3, 0.4) is 0 Å². The van der Waals surface area contributed by atoms with Gasteiger partial charge in [0, 0.05) is 5.02 Å². The Kier molecular flexibility index (Phi) is 3.86. The van der Waals surface area contributed by atoms with Crippen LogP contribution < -0.4 is 4.74 Å². The Labute approximate surface area is 118 Å². The first-order chi connectivity index (χ1) is 9.49. The number of carboxylic acids is 1. The summed E-state index contributed by atoms with van der Waals surface area (Å²) in [4.78, 5) is 21.3. The SMILES string of the molecule is O=C(O)c1cccc(Oc2cccc(Cl)c2)c1[N+](=O)[O-]. The predicted octanol–water partition coefficient (Wildman–Crippen LogP) is 3.74. The summed E-state index contributed by atoms with van der Waals surface area (Å²) < 4.78 is 5.35. The second-order valence-electron chi connectivity index (χ2n) is 3.77. The molecule has 0 fully saturated rings. The molecule has 0 radical (unpaired) electrons. The number of rotatable bonds is 4. The lowest BCUT2D eigenvalue weighted by Crippen LogP contribution is -2.04. The summed E-state index contributed by atoms with van der Waals surface area (Å²) in [6.07, 6.45) is 0. The van der Waals surface area contributed by atoms with E-state index in [1.165, 1.54) is 18.2 Å². The van der Waals surface area contributed by atoms with Gasteiger partial charge in [0.25, 0.3) is 0 Å². The monoisotopic (exact) mass is 293 g/mol. The van der Waals surface area contributed by atoms with Crippen LogP contribution in [0.4, 0.5) is 5.69 Å². The summed E-state index contributed by atoms with van der Waals surface area (Å²) in [6, 6.07) is 10.1. The standard InChI is InChI=1S/C13H8ClNO5/c14-8-3-1-4-9(7-8)20-11-6-2-5-10(13(16)17)12(11)15(18)19/h1-7H,(H,16,17). The van der Waals surface area contributed by atoms with E-state index in [1.54, 1.807) is 18.2 Å². The van der Waals surface area contributed by atoms with Crippen molar-refractivity contribution in [3.63, 3.8) is 0 Å². The third kappa shape index (κ3) is 2.86. The first kappa shape index (κ1) is 13.8. The molecule has 7 heteroatoms. The highest BCUT2D eigenvalue weighted by atomic mass is 35.5. The number of para-hydroxylation sites is 1. The van der Waals surface area contributed by atoms with Crippen molar-refractivity contribution in [2.24, 2.45) is 0 Å². The normalized spacial score (nSPS) is 10.1. The van der Waals surface area contributed by atoms with E-state index in [1.807, 2.05) is 0 Å². The van der Waals surface area contributed by atoms with Crippen molar-refractivity contribution in [1.29, 1.82) is 0 Å².